The van der Waals surface area contributed by atoms with E-state index in [-0.39, 0.29) is 0 Å². The van der Waals surface area contributed by atoms with Crippen LogP contribution in [0.5, 0.6) is 0 Å². The molecule has 1 nitrogen and oxygen atoms in total. The average molecular weight is 211 g/mol. The molecule has 2 aromatic carbocycles. The molecule has 0 spiro atoms. The smallest absolute Gasteiger partial charge is 0.0346 e. The van der Waals surface area contributed by atoms with Crippen molar-refractivity contribution < 1.29 is 0 Å². The van der Waals surface area contributed by atoms with E-state index >= 15 is 0 Å². The van der Waals surface area contributed by atoms with Crippen molar-refractivity contribution in [1.29, 1.82) is 0 Å². The Morgan fingerprint density at radius 1 is 1.06 bits per heavy atom. The normalized spacial score (nSPS) is 10.4. The Bertz CT molecular complexity index is 501. The maximum absolute atomic E-state index is 5.92. The number of nitrogens with two attached hydrogens (primary N) is 1. The van der Waals surface area contributed by atoms with E-state index in [1.807, 2.05) is 6.07 Å². The lowest BCUT2D eigenvalue weighted by molar-refractivity contribution is 1.14. The zero-order valence-corrected chi connectivity index (χ0v) is 9.83. The first kappa shape index (κ1) is 10.7. The van der Waals surface area contributed by atoms with Crippen LogP contribution in [0.4, 0.5) is 5.69 Å². The van der Waals surface area contributed by atoms with E-state index in [2.05, 4.69) is 50.2 Å². The van der Waals surface area contributed by atoms with Crippen LogP contribution in [0.25, 0.3) is 11.1 Å². The first-order chi connectivity index (χ1) is 7.72. The first-order valence-corrected chi connectivity index (χ1v) is 5.66. The summed E-state index contributed by atoms with van der Waals surface area (Å²) in [5, 5.41) is 0. The monoisotopic (exact) mass is 211 g/mol. The summed E-state index contributed by atoms with van der Waals surface area (Å²) in [6.07, 6.45) is 0.978. The fraction of sp³-hybridized carbons (Fsp3) is 0.200. The van der Waals surface area contributed by atoms with Crippen LogP contribution in [-0.4, -0.2) is 0 Å². The van der Waals surface area contributed by atoms with Crippen LogP contribution in [0.1, 0.15) is 18.1 Å². The molecule has 0 aliphatic rings. The molecule has 0 aromatic heterocycles. The van der Waals surface area contributed by atoms with Crippen LogP contribution in [0.3, 0.4) is 0 Å². The van der Waals surface area contributed by atoms with Crippen LogP contribution in [-0.2, 0) is 6.42 Å². The van der Waals surface area contributed by atoms with E-state index in [1.165, 1.54) is 22.3 Å². The molecule has 0 saturated carbocycles. The molecule has 2 N–H and O–H groups in total. The standard InChI is InChI=1S/C15H17N/c1-3-12-10-13(8-9-15(12)16)14-7-5-4-6-11(14)2/h4-10H,3,16H2,1-2H3. The van der Waals surface area contributed by atoms with E-state index < -0.39 is 0 Å². The highest BCUT2D eigenvalue weighted by molar-refractivity contribution is 5.70. The second kappa shape index (κ2) is 4.40. The quantitative estimate of drug-likeness (QED) is 0.751. The zero-order chi connectivity index (χ0) is 11.5. The minimum atomic E-state index is 0.889. The third-order valence-electron chi connectivity index (χ3n) is 2.98. The van der Waals surface area contributed by atoms with Gasteiger partial charge in [0.05, 0.1) is 0 Å². The van der Waals surface area contributed by atoms with Crippen molar-refractivity contribution in [3.8, 4) is 11.1 Å². The van der Waals surface area contributed by atoms with Gasteiger partial charge in [-0.3, -0.25) is 0 Å². The Morgan fingerprint density at radius 2 is 1.81 bits per heavy atom. The topological polar surface area (TPSA) is 26.0 Å². The van der Waals surface area contributed by atoms with Gasteiger partial charge in [-0.25, -0.2) is 0 Å². The summed E-state index contributed by atoms with van der Waals surface area (Å²) < 4.78 is 0. The molecule has 0 unspecified atom stereocenters. The molecule has 82 valence electrons. The number of benzene rings is 2. The largest absolute Gasteiger partial charge is 0.399 e. The van der Waals surface area contributed by atoms with Gasteiger partial charge in [0.25, 0.3) is 0 Å². The van der Waals surface area contributed by atoms with Crippen LogP contribution in [0, 0.1) is 6.92 Å². The molecule has 0 saturated heterocycles. The summed E-state index contributed by atoms with van der Waals surface area (Å²) in [4.78, 5) is 0. The predicted octanol–water partition coefficient (Wildman–Crippen LogP) is 3.81. The minimum absolute atomic E-state index is 0.889. The summed E-state index contributed by atoms with van der Waals surface area (Å²) in [7, 11) is 0. The van der Waals surface area contributed by atoms with Gasteiger partial charge in [-0.2, -0.15) is 0 Å². The molecule has 0 amide bonds. The summed E-state index contributed by atoms with van der Waals surface area (Å²) in [5.74, 6) is 0. The summed E-state index contributed by atoms with van der Waals surface area (Å²) in [5.41, 5.74) is 11.9. The second-order valence-corrected chi connectivity index (χ2v) is 4.08. The lowest BCUT2D eigenvalue weighted by Crippen LogP contribution is -1.93. The van der Waals surface area contributed by atoms with Gasteiger partial charge in [-0.05, 0) is 47.7 Å². The number of aryl methyl sites for hydroxylation is 2. The maximum atomic E-state index is 5.92. The minimum Gasteiger partial charge on any atom is -0.399 e. The van der Waals surface area contributed by atoms with E-state index in [9.17, 15) is 0 Å². The van der Waals surface area contributed by atoms with Crippen molar-refractivity contribution in [2.24, 2.45) is 0 Å². The van der Waals surface area contributed by atoms with Gasteiger partial charge >= 0.3 is 0 Å². The number of hydrogen-bond acceptors (Lipinski definition) is 1. The van der Waals surface area contributed by atoms with Gasteiger partial charge in [0.1, 0.15) is 0 Å². The number of anilines is 1. The second-order valence-electron chi connectivity index (χ2n) is 4.08. The molecule has 0 aliphatic heterocycles. The molecular formula is C15H17N. The Morgan fingerprint density at radius 3 is 2.50 bits per heavy atom. The fourth-order valence-electron chi connectivity index (χ4n) is 1.98. The van der Waals surface area contributed by atoms with Crippen molar-refractivity contribution >= 4 is 5.69 Å². The molecule has 0 radical (unpaired) electrons. The van der Waals surface area contributed by atoms with Crippen LogP contribution in [0.15, 0.2) is 42.5 Å². The highest BCUT2D eigenvalue weighted by atomic mass is 14.6. The van der Waals surface area contributed by atoms with Crippen molar-refractivity contribution in [2.75, 3.05) is 5.73 Å². The molecule has 0 atom stereocenters. The molecule has 0 fully saturated rings. The molecular weight excluding hydrogens is 194 g/mol. The van der Waals surface area contributed by atoms with Crippen LogP contribution in [0.2, 0.25) is 0 Å². The van der Waals surface area contributed by atoms with Gasteiger partial charge < -0.3 is 5.73 Å². The van der Waals surface area contributed by atoms with Crippen LogP contribution < -0.4 is 5.73 Å². The van der Waals surface area contributed by atoms with Gasteiger partial charge in [-0.15, -0.1) is 0 Å². The molecule has 0 aliphatic carbocycles. The lowest BCUT2D eigenvalue weighted by Gasteiger charge is -2.09. The van der Waals surface area contributed by atoms with Crippen molar-refractivity contribution in [1.82, 2.24) is 0 Å². The SMILES string of the molecule is CCc1cc(-c2ccccc2C)ccc1N. The Labute approximate surface area is 96.9 Å². The fourth-order valence-corrected chi connectivity index (χ4v) is 1.98. The summed E-state index contributed by atoms with van der Waals surface area (Å²) in [6.45, 7) is 4.27. The zero-order valence-electron chi connectivity index (χ0n) is 9.83. The van der Waals surface area contributed by atoms with Crippen LogP contribution >= 0.6 is 0 Å². The van der Waals surface area contributed by atoms with E-state index in [0.717, 1.165) is 12.1 Å². The Hall–Kier alpha value is -1.76. The molecule has 2 rings (SSSR count). The molecule has 16 heavy (non-hydrogen) atoms. The molecule has 2 aromatic rings. The molecule has 1 heteroatoms. The molecule has 0 heterocycles. The number of rotatable bonds is 2. The maximum Gasteiger partial charge on any atom is 0.0346 e. The van der Waals surface area contributed by atoms with Crippen molar-refractivity contribution in [3.05, 3.63) is 53.6 Å². The van der Waals surface area contributed by atoms with E-state index in [4.69, 9.17) is 5.73 Å². The third kappa shape index (κ3) is 1.94. The van der Waals surface area contributed by atoms with Gasteiger partial charge in [0.2, 0.25) is 0 Å². The van der Waals surface area contributed by atoms with E-state index in [0.29, 0.717) is 0 Å². The number of hydrogen-bond donors (Lipinski definition) is 1. The Kier molecular flexibility index (Phi) is 2.95. The van der Waals surface area contributed by atoms with Crippen molar-refractivity contribution in [2.45, 2.75) is 20.3 Å². The van der Waals surface area contributed by atoms with Gasteiger partial charge in [-0.1, -0.05) is 37.3 Å². The highest BCUT2D eigenvalue weighted by Crippen LogP contribution is 2.26. The third-order valence-corrected chi connectivity index (χ3v) is 2.98. The molecule has 0 bridgehead atoms. The van der Waals surface area contributed by atoms with E-state index in [1.54, 1.807) is 0 Å². The summed E-state index contributed by atoms with van der Waals surface area (Å²) >= 11 is 0. The number of nitrogen functional groups attached to an aromatic ring is 1. The summed E-state index contributed by atoms with van der Waals surface area (Å²) in [6, 6.07) is 14.7. The van der Waals surface area contributed by atoms with Gasteiger partial charge in [0.15, 0.2) is 0 Å². The predicted molar refractivity (Wildman–Crippen MR) is 70.4 cm³/mol. The average Bonchev–Trinajstić information content (AvgIpc) is 2.31. The van der Waals surface area contributed by atoms with Crippen molar-refractivity contribution in [3.63, 3.8) is 0 Å². The van der Waals surface area contributed by atoms with Gasteiger partial charge in [0, 0.05) is 5.69 Å². The highest BCUT2D eigenvalue weighted by Gasteiger charge is 2.03. The Balaban J connectivity index is 2.53. The lowest BCUT2D eigenvalue weighted by atomic mass is 9.97. The first-order valence-electron chi connectivity index (χ1n) is 5.66.